The Morgan fingerprint density at radius 1 is 1.29 bits per heavy atom. The molecule has 0 saturated heterocycles. The van der Waals surface area contributed by atoms with Crippen molar-refractivity contribution >= 4 is 17.2 Å². The van der Waals surface area contributed by atoms with E-state index in [9.17, 15) is 4.79 Å². The zero-order valence-corrected chi connectivity index (χ0v) is 15.0. The van der Waals surface area contributed by atoms with Gasteiger partial charge in [0.2, 0.25) is 0 Å². The predicted molar refractivity (Wildman–Crippen MR) is 98.2 cm³/mol. The van der Waals surface area contributed by atoms with Crippen molar-refractivity contribution in [2.24, 2.45) is 0 Å². The normalized spacial score (nSPS) is 12.1. The number of amides is 1. The van der Waals surface area contributed by atoms with Gasteiger partial charge in [-0.15, -0.1) is 11.3 Å². The summed E-state index contributed by atoms with van der Waals surface area (Å²) in [5.74, 6) is 0.0284. The van der Waals surface area contributed by atoms with E-state index < -0.39 is 0 Å². The maximum atomic E-state index is 12.8. The fourth-order valence-corrected chi connectivity index (χ4v) is 3.44. The maximum absolute atomic E-state index is 12.8. The van der Waals surface area contributed by atoms with Crippen LogP contribution in [0.1, 0.15) is 35.1 Å². The van der Waals surface area contributed by atoms with Gasteiger partial charge in [-0.2, -0.15) is 5.10 Å². The molecule has 0 unspecified atom stereocenters. The Kier molecular flexibility index (Phi) is 4.81. The van der Waals surface area contributed by atoms with Gasteiger partial charge in [0.25, 0.3) is 5.91 Å². The minimum Gasteiger partial charge on any atom is -0.334 e. The number of aromatic nitrogens is 2. The van der Waals surface area contributed by atoms with Crippen LogP contribution < -0.4 is 0 Å². The molecule has 0 spiro atoms. The second kappa shape index (κ2) is 7.01. The van der Waals surface area contributed by atoms with Crippen molar-refractivity contribution in [2.75, 3.05) is 7.05 Å². The smallest absolute Gasteiger partial charge is 0.254 e. The van der Waals surface area contributed by atoms with Crippen LogP contribution in [0.5, 0.6) is 0 Å². The maximum Gasteiger partial charge on any atom is 0.254 e. The van der Waals surface area contributed by atoms with Crippen molar-refractivity contribution in [1.82, 2.24) is 14.7 Å². The highest BCUT2D eigenvalue weighted by molar-refractivity contribution is 7.10. The first-order valence-electron chi connectivity index (χ1n) is 8.03. The summed E-state index contributed by atoms with van der Waals surface area (Å²) in [7, 11) is 1.86. The monoisotopic (exact) mass is 339 g/mol. The van der Waals surface area contributed by atoms with Crippen LogP contribution >= 0.6 is 11.3 Å². The van der Waals surface area contributed by atoms with Crippen molar-refractivity contribution < 1.29 is 4.79 Å². The van der Waals surface area contributed by atoms with Crippen LogP contribution in [0.25, 0.3) is 11.1 Å². The molecule has 0 saturated carbocycles. The third-order valence-electron chi connectivity index (χ3n) is 4.26. The lowest BCUT2D eigenvalue weighted by atomic mass is 10.0. The molecule has 0 fully saturated rings. The lowest BCUT2D eigenvalue weighted by Gasteiger charge is -2.24. The van der Waals surface area contributed by atoms with Crippen LogP contribution in [0.3, 0.4) is 0 Å². The van der Waals surface area contributed by atoms with Crippen molar-refractivity contribution in [3.05, 3.63) is 64.6 Å². The molecule has 3 aromatic rings. The van der Waals surface area contributed by atoms with Crippen molar-refractivity contribution in [3.8, 4) is 11.1 Å². The Labute approximate surface area is 146 Å². The van der Waals surface area contributed by atoms with E-state index in [-0.39, 0.29) is 11.9 Å². The highest BCUT2D eigenvalue weighted by atomic mass is 32.1. The SMILES string of the molecule is CCn1cc(-c2cccc(C(=O)N(C)[C@H](C)c3cccs3)c2)cn1. The number of aryl methyl sites for hydroxylation is 1. The Bertz CT molecular complexity index is 823. The summed E-state index contributed by atoms with van der Waals surface area (Å²) >= 11 is 1.67. The Hall–Kier alpha value is -2.40. The van der Waals surface area contributed by atoms with Crippen molar-refractivity contribution in [1.29, 1.82) is 0 Å². The van der Waals surface area contributed by atoms with E-state index in [1.165, 1.54) is 4.88 Å². The average Bonchev–Trinajstić information content (AvgIpc) is 3.31. The summed E-state index contributed by atoms with van der Waals surface area (Å²) in [5.41, 5.74) is 2.74. The average molecular weight is 339 g/mol. The van der Waals surface area contributed by atoms with Gasteiger partial charge in [-0.05, 0) is 43.0 Å². The first-order valence-corrected chi connectivity index (χ1v) is 8.91. The fourth-order valence-electron chi connectivity index (χ4n) is 2.62. The molecule has 3 rings (SSSR count). The summed E-state index contributed by atoms with van der Waals surface area (Å²) in [6.45, 7) is 4.94. The molecule has 1 atom stereocenters. The van der Waals surface area contributed by atoms with Crippen LogP contribution in [0.2, 0.25) is 0 Å². The van der Waals surface area contributed by atoms with Crippen LogP contribution in [0, 0.1) is 0 Å². The largest absolute Gasteiger partial charge is 0.334 e. The third-order valence-corrected chi connectivity index (χ3v) is 5.30. The molecule has 5 heteroatoms. The van der Waals surface area contributed by atoms with E-state index >= 15 is 0 Å². The third kappa shape index (κ3) is 3.26. The molecule has 124 valence electrons. The summed E-state index contributed by atoms with van der Waals surface area (Å²) in [6.07, 6.45) is 3.84. The zero-order chi connectivity index (χ0) is 17.1. The molecule has 1 aromatic carbocycles. The van der Waals surface area contributed by atoms with Gasteiger partial charge < -0.3 is 4.90 Å². The number of rotatable bonds is 5. The van der Waals surface area contributed by atoms with Crippen molar-refractivity contribution in [3.63, 3.8) is 0 Å². The number of nitrogens with zero attached hydrogens (tertiary/aromatic N) is 3. The molecule has 0 aliphatic rings. The van der Waals surface area contributed by atoms with Gasteiger partial charge in [0, 0.05) is 35.8 Å². The first-order chi connectivity index (χ1) is 11.6. The van der Waals surface area contributed by atoms with Gasteiger partial charge in [0.05, 0.1) is 12.2 Å². The summed E-state index contributed by atoms with van der Waals surface area (Å²) in [4.78, 5) is 15.8. The summed E-state index contributed by atoms with van der Waals surface area (Å²) < 4.78 is 1.88. The number of thiophene rings is 1. The van der Waals surface area contributed by atoms with Gasteiger partial charge in [-0.25, -0.2) is 0 Å². The van der Waals surface area contributed by atoms with E-state index in [2.05, 4.69) is 25.0 Å². The molecule has 0 bridgehead atoms. The lowest BCUT2D eigenvalue weighted by molar-refractivity contribution is 0.0745. The Morgan fingerprint density at radius 2 is 2.12 bits per heavy atom. The van der Waals surface area contributed by atoms with Gasteiger partial charge in [-0.1, -0.05) is 18.2 Å². The molecule has 4 nitrogen and oxygen atoms in total. The van der Waals surface area contributed by atoms with E-state index in [1.807, 2.05) is 59.8 Å². The predicted octanol–water partition coefficient (Wildman–Crippen LogP) is 4.46. The van der Waals surface area contributed by atoms with Crippen LogP contribution in [-0.2, 0) is 6.54 Å². The minimum atomic E-state index is 0.0284. The number of carbonyl (C=O) groups is 1. The van der Waals surface area contributed by atoms with Gasteiger partial charge in [-0.3, -0.25) is 9.48 Å². The van der Waals surface area contributed by atoms with Gasteiger partial charge >= 0.3 is 0 Å². The van der Waals surface area contributed by atoms with E-state index in [1.54, 1.807) is 16.2 Å². The second-order valence-electron chi connectivity index (χ2n) is 5.77. The Morgan fingerprint density at radius 3 is 2.79 bits per heavy atom. The van der Waals surface area contributed by atoms with Gasteiger partial charge in [0.1, 0.15) is 0 Å². The number of carbonyl (C=O) groups excluding carboxylic acids is 1. The molecule has 2 aromatic heterocycles. The first kappa shape index (κ1) is 16.5. The molecule has 0 aliphatic heterocycles. The summed E-state index contributed by atoms with van der Waals surface area (Å²) in [5, 5.41) is 6.34. The quantitative estimate of drug-likeness (QED) is 0.688. The number of hydrogen-bond acceptors (Lipinski definition) is 3. The molecular weight excluding hydrogens is 318 g/mol. The highest BCUT2D eigenvalue weighted by Gasteiger charge is 2.20. The van der Waals surface area contributed by atoms with Crippen LogP contribution in [0.4, 0.5) is 0 Å². The van der Waals surface area contributed by atoms with E-state index in [4.69, 9.17) is 0 Å². The fraction of sp³-hybridized carbons (Fsp3) is 0.263. The molecular formula is C19H21N3OS. The molecule has 0 aliphatic carbocycles. The molecule has 2 heterocycles. The summed E-state index contributed by atoms with van der Waals surface area (Å²) in [6, 6.07) is 11.9. The van der Waals surface area contributed by atoms with Crippen LogP contribution in [-0.4, -0.2) is 27.6 Å². The molecule has 1 amide bonds. The zero-order valence-electron chi connectivity index (χ0n) is 14.1. The van der Waals surface area contributed by atoms with E-state index in [0.29, 0.717) is 5.56 Å². The van der Waals surface area contributed by atoms with Crippen LogP contribution in [0.15, 0.2) is 54.2 Å². The topological polar surface area (TPSA) is 38.1 Å². The standard InChI is InChI=1S/C19H21N3OS/c1-4-22-13-17(12-20-22)15-7-5-8-16(11-15)19(23)21(3)14(2)18-9-6-10-24-18/h5-14H,4H2,1-3H3/t14-/m1/s1. The van der Waals surface area contributed by atoms with E-state index in [0.717, 1.165) is 17.7 Å². The van der Waals surface area contributed by atoms with Gasteiger partial charge in [0.15, 0.2) is 0 Å². The molecule has 24 heavy (non-hydrogen) atoms. The number of hydrogen-bond donors (Lipinski definition) is 0. The minimum absolute atomic E-state index is 0.0284. The Balaban J connectivity index is 1.84. The molecule has 0 radical (unpaired) electrons. The lowest BCUT2D eigenvalue weighted by Crippen LogP contribution is -2.29. The molecule has 0 N–H and O–H groups in total. The van der Waals surface area contributed by atoms with Crippen molar-refractivity contribution in [2.45, 2.75) is 26.4 Å². The highest BCUT2D eigenvalue weighted by Crippen LogP contribution is 2.26. The number of benzene rings is 1. The second-order valence-corrected chi connectivity index (χ2v) is 6.75.